The van der Waals surface area contributed by atoms with E-state index in [2.05, 4.69) is 30.4 Å². The fraction of sp³-hybridized carbons (Fsp3) is 0.667. The van der Waals surface area contributed by atoms with Gasteiger partial charge in [-0.1, -0.05) is 5.16 Å². The fourth-order valence-corrected chi connectivity index (χ4v) is 6.80. The number of amides is 2. The van der Waals surface area contributed by atoms with E-state index in [1.807, 2.05) is 0 Å². The molecule has 2 saturated heterocycles. The molecule has 11 nitrogen and oxygen atoms in total. The molecular weight excluding hydrogens is 655 g/mol. The van der Waals surface area contributed by atoms with Gasteiger partial charge in [0.2, 0.25) is 11.8 Å². The highest BCUT2D eigenvalue weighted by Crippen LogP contribution is 2.42. The number of hydrogen-bond donors (Lipinski definition) is 2. The lowest BCUT2D eigenvalue weighted by molar-refractivity contribution is -0.183. The van der Waals surface area contributed by atoms with Crippen LogP contribution in [0.1, 0.15) is 97.0 Å². The van der Waals surface area contributed by atoms with Crippen molar-refractivity contribution in [1.82, 2.24) is 35.4 Å². The molecule has 2 aliphatic heterocycles. The Labute approximate surface area is 269 Å². The maximum absolute atomic E-state index is 14.1. The summed E-state index contributed by atoms with van der Waals surface area (Å²) in [5, 5.41) is 12.9. The number of carbonyl (C=O) groups excluding carboxylic acids is 2. The molecule has 0 aromatic carbocycles. The van der Waals surface area contributed by atoms with Crippen LogP contribution in [-0.2, 0) is 21.9 Å². The molecule has 0 bridgehead atoms. The zero-order chi connectivity index (χ0) is 34.4. The lowest BCUT2D eigenvalue weighted by atomic mass is 9.81. The van der Waals surface area contributed by atoms with Crippen LogP contribution in [0.4, 0.5) is 30.7 Å². The quantitative estimate of drug-likeness (QED) is 0.306. The second-order valence-corrected chi connectivity index (χ2v) is 13.0. The van der Waals surface area contributed by atoms with Crippen LogP contribution in [-0.4, -0.2) is 68.4 Å². The second-order valence-electron chi connectivity index (χ2n) is 13.0. The Kier molecular flexibility index (Phi) is 9.14. The SMILES string of the molecule is CC(F)(F)c1nocc1C(=O)N[C@H](c1cn2nc(C[C@H]3C[C@@H](C(F)(F)F)CNC3=O)c(C3CCOCC3)nc2n1)C1CCC(F)(F)CC1. The van der Waals surface area contributed by atoms with Gasteiger partial charge in [-0.15, -0.1) is 0 Å². The molecule has 18 heteroatoms. The number of piperidine rings is 1. The summed E-state index contributed by atoms with van der Waals surface area (Å²) in [4.78, 5) is 35.3. The van der Waals surface area contributed by atoms with Crippen molar-refractivity contribution in [2.75, 3.05) is 19.8 Å². The molecule has 3 aliphatic rings. The molecule has 3 aromatic heterocycles. The lowest BCUT2D eigenvalue weighted by Crippen LogP contribution is -2.47. The smallest absolute Gasteiger partial charge is 0.381 e. The maximum atomic E-state index is 14.1. The molecule has 3 fully saturated rings. The molecule has 3 atom stereocenters. The van der Waals surface area contributed by atoms with Gasteiger partial charge in [0.1, 0.15) is 11.8 Å². The third-order valence-corrected chi connectivity index (χ3v) is 9.47. The van der Waals surface area contributed by atoms with Crippen molar-refractivity contribution in [3.05, 3.63) is 40.8 Å². The highest BCUT2D eigenvalue weighted by molar-refractivity contribution is 5.95. The van der Waals surface area contributed by atoms with E-state index in [-0.39, 0.29) is 36.7 Å². The molecule has 0 radical (unpaired) electrons. The minimum Gasteiger partial charge on any atom is -0.381 e. The third-order valence-electron chi connectivity index (χ3n) is 9.47. The van der Waals surface area contributed by atoms with Crippen molar-refractivity contribution in [1.29, 1.82) is 0 Å². The van der Waals surface area contributed by atoms with Crippen LogP contribution in [0.5, 0.6) is 0 Å². The van der Waals surface area contributed by atoms with Gasteiger partial charge < -0.3 is 19.9 Å². The normalized spacial score (nSPS) is 23.6. The minimum absolute atomic E-state index is 0.0111. The fourth-order valence-electron chi connectivity index (χ4n) is 6.80. The zero-order valence-electron chi connectivity index (χ0n) is 25.8. The number of rotatable bonds is 8. The van der Waals surface area contributed by atoms with Gasteiger partial charge in [-0.05, 0) is 38.0 Å². The molecule has 0 unspecified atom stereocenters. The molecule has 48 heavy (non-hydrogen) atoms. The van der Waals surface area contributed by atoms with Crippen LogP contribution >= 0.6 is 0 Å². The molecule has 1 aliphatic carbocycles. The summed E-state index contributed by atoms with van der Waals surface area (Å²) >= 11 is 0. The summed E-state index contributed by atoms with van der Waals surface area (Å²) in [6.45, 7) is 0.876. The van der Waals surface area contributed by atoms with E-state index in [1.165, 1.54) is 10.7 Å². The van der Waals surface area contributed by atoms with Crippen molar-refractivity contribution in [2.24, 2.45) is 17.8 Å². The number of carbonyl (C=O) groups is 2. The molecule has 2 N–H and O–H groups in total. The summed E-state index contributed by atoms with van der Waals surface area (Å²) in [6, 6.07) is -1.03. The number of ether oxygens (including phenoxy) is 1. The number of fused-ring (bicyclic) bond motifs is 1. The van der Waals surface area contributed by atoms with Crippen molar-refractivity contribution >= 4 is 17.6 Å². The van der Waals surface area contributed by atoms with E-state index in [4.69, 9.17) is 9.72 Å². The molecule has 262 valence electrons. The van der Waals surface area contributed by atoms with Crippen molar-refractivity contribution in [3.63, 3.8) is 0 Å². The van der Waals surface area contributed by atoms with E-state index in [1.54, 1.807) is 0 Å². The molecule has 5 heterocycles. The Morgan fingerprint density at radius 1 is 1.12 bits per heavy atom. The second kappa shape index (κ2) is 12.9. The Hall–Kier alpha value is -3.83. The number of nitrogens with one attached hydrogen (secondary N) is 2. The van der Waals surface area contributed by atoms with E-state index < -0.39 is 90.7 Å². The summed E-state index contributed by atoms with van der Waals surface area (Å²) < 4.78 is 109. The first-order chi connectivity index (χ1) is 22.6. The average Bonchev–Trinajstić information content (AvgIpc) is 3.68. The first-order valence-corrected chi connectivity index (χ1v) is 15.8. The highest BCUT2D eigenvalue weighted by atomic mass is 19.4. The van der Waals surface area contributed by atoms with Gasteiger partial charge in [-0.25, -0.2) is 23.3 Å². The molecule has 3 aromatic rings. The highest BCUT2D eigenvalue weighted by Gasteiger charge is 2.45. The Bertz CT molecular complexity index is 1640. The molecule has 1 saturated carbocycles. The van der Waals surface area contributed by atoms with Gasteiger partial charge in [0.25, 0.3) is 17.6 Å². The minimum atomic E-state index is -4.49. The standard InChI is InChI=1S/C30H34F7N7O4/c1-28(31,32)24-19(14-48-43-24)26(46)40-23(15-2-6-29(33,34)7-3-15)21-13-44-27(39-21)41-22(16-4-8-47-9-5-16)20(42-44)11-17-10-18(30(35,36)37)12-38-25(17)45/h13-18,23H,2-12H2,1H3,(H,38,45)(H,40,46)/t17-,18-,23+/m1/s1. The van der Waals surface area contributed by atoms with Crippen molar-refractivity contribution < 1.29 is 49.6 Å². The number of nitrogens with zero attached hydrogens (tertiary/aromatic N) is 5. The Morgan fingerprint density at radius 2 is 1.83 bits per heavy atom. The van der Waals surface area contributed by atoms with E-state index >= 15 is 0 Å². The molecule has 2 amide bonds. The van der Waals surface area contributed by atoms with Crippen LogP contribution in [0.25, 0.3) is 5.78 Å². The summed E-state index contributed by atoms with van der Waals surface area (Å²) in [6.07, 6.45) is -2.69. The van der Waals surface area contributed by atoms with Crippen LogP contribution < -0.4 is 10.6 Å². The molecule has 0 spiro atoms. The molecular formula is C30H34F7N7O4. The summed E-state index contributed by atoms with van der Waals surface area (Å²) in [7, 11) is 0. The van der Waals surface area contributed by atoms with E-state index in [9.17, 15) is 40.3 Å². The number of hydrogen-bond acceptors (Lipinski definition) is 8. The van der Waals surface area contributed by atoms with Gasteiger partial charge in [0.05, 0.1) is 35.2 Å². The van der Waals surface area contributed by atoms with Crippen molar-refractivity contribution in [2.45, 2.75) is 88.3 Å². The largest absolute Gasteiger partial charge is 0.393 e. The first-order valence-electron chi connectivity index (χ1n) is 15.8. The third kappa shape index (κ3) is 7.27. The van der Waals surface area contributed by atoms with E-state index in [0.717, 1.165) is 6.26 Å². The number of halogens is 7. The predicted octanol–water partition coefficient (Wildman–Crippen LogP) is 5.27. The topological polar surface area (TPSA) is 137 Å². The average molecular weight is 690 g/mol. The monoisotopic (exact) mass is 689 g/mol. The van der Waals surface area contributed by atoms with Crippen molar-refractivity contribution in [3.8, 4) is 0 Å². The Morgan fingerprint density at radius 3 is 2.50 bits per heavy atom. The lowest BCUT2D eigenvalue weighted by Gasteiger charge is -2.33. The predicted molar refractivity (Wildman–Crippen MR) is 151 cm³/mol. The van der Waals surface area contributed by atoms with Gasteiger partial charge in [0.15, 0.2) is 5.69 Å². The van der Waals surface area contributed by atoms with Gasteiger partial charge in [-0.2, -0.15) is 27.1 Å². The van der Waals surface area contributed by atoms with Crippen LogP contribution in [0, 0.1) is 17.8 Å². The number of aromatic nitrogens is 5. The zero-order valence-corrected chi connectivity index (χ0v) is 25.8. The first kappa shape index (κ1) is 34.0. The van der Waals surface area contributed by atoms with Crippen LogP contribution in [0.2, 0.25) is 0 Å². The maximum Gasteiger partial charge on any atom is 0.393 e. The van der Waals surface area contributed by atoms with Crippen LogP contribution in [0.15, 0.2) is 17.0 Å². The Balaban J connectivity index is 1.36. The van der Waals surface area contributed by atoms with Crippen LogP contribution in [0.3, 0.4) is 0 Å². The van der Waals surface area contributed by atoms with Gasteiger partial charge in [-0.3, -0.25) is 9.59 Å². The summed E-state index contributed by atoms with van der Waals surface area (Å²) in [5.74, 6) is -11.3. The van der Waals surface area contributed by atoms with E-state index in [0.29, 0.717) is 44.4 Å². The molecule has 6 rings (SSSR count). The number of imidazole rings is 1. The number of alkyl halides is 7. The van der Waals surface area contributed by atoms with Gasteiger partial charge >= 0.3 is 6.18 Å². The summed E-state index contributed by atoms with van der Waals surface area (Å²) in [5.41, 5.74) is -0.485. The van der Waals surface area contributed by atoms with Gasteiger partial charge in [0, 0.05) is 57.8 Å².